The number of aryl methyl sites for hydroxylation is 1. The van der Waals surface area contributed by atoms with E-state index in [2.05, 4.69) is 39.1 Å². The van der Waals surface area contributed by atoms with Crippen LogP contribution in [0.4, 0.5) is 16.2 Å². The molecule has 3 N–H and O–H groups in total. The Balaban J connectivity index is 1.29. The number of nitrogens with zero attached hydrogens (tertiary/aromatic N) is 4. The zero-order valence-electron chi connectivity index (χ0n) is 21.8. The van der Waals surface area contributed by atoms with Crippen LogP contribution >= 0.6 is 11.6 Å². The lowest BCUT2D eigenvalue weighted by atomic mass is 9.76. The molecule has 1 fully saturated rings. The highest BCUT2D eigenvalue weighted by Crippen LogP contribution is 2.45. The molecule has 39 heavy (non-hydrogen) atoms. The van der Waals surface area contributed by atoms with E-state index in [1.54, 1.807) is 12.1 Å². The summed E-state index contributed by atoms with van der Waals surface area (Å²) in [4.78, 5) is 24.3. The van der Waals surface area contributed by atoms with E-state index < -0.39 is 0 Å². The van der Waals surface area contributed by atoms with Gasteiger partial charge >= 0.3 is 6.03 Å². The van der Waals surface area contributed by atoms with Gasteiger partial charge in [0.15, 0.2) is 0 Å². The Hall–Kier alpha value is -4.10. The number of nitrogens with one attached hydrogen (secondary N) is 1. The van der Waals surface area contributed by atoms with Crippen molar-refractivity contribution in [2.75, 3.05) is 24.1 Å². The number of anilines is 2. The summed E-state index contributed by atoms with van der Waals surface area (Å²) in [6.45, 7) is 4.09. The van der Waals surface area contributed by atoms with Crippen LogP contribution in [0.15, 0.2) is 73.2 Å². The van der Waals surface area contributed by atoms with Crippen LogP contribution in [-0.4, -0.2) is 38.6 Å². The third-order valence-electron chi connectivity index (χ3n) is 7.92. The van der Waals surface area contributed by atoms with Crippen molar-refractivity contribution in [3.05, 3.63) is 106 Å². The third kappa shape index (κ3) is 5.14. The Bertz CT molecular complexity index is 1530. The molecule has 0 radical (unpaired) electrons. The van der Waals surface area contributed by atoms with Crippen molar-refractivity contribution in [3.63, 3.8) is 0 Å². The van der Waals surface area contributed by atoms with Gasteiger partial charge in [-0.15, -0.1) is 0 Å². The van der Waals surface area contributed by atoms with Gasteiger partial charge < -0.3 is 20.5 Å². The van der Waals surface area contributed by atoms with Gasteiger partial charge in [0.05, 0.1) is 5.69 Å². The van der Waals surface area contributed by atoms with E-state index in [-0.39, 0.29) is 11.9 Å². The number of amides is 2. The number of carbonyl (C=O) groups is 1. The molecule has 7 nitrogen and oxygen atoms in total. The van der Waals surface area contributed by atoms with E-state index in [0.717, 1.165) is 46.2 Å². The predicted molar refractivity (Wildman–Crippen MR) is 157 cm³/mol. The average molecular weight is 539 g/mol. The standard InChI is InChI=1S/C31H31ClN6O/c1-20-34-13-16-38(20)19-23-17-22-18-24(32)4-9-27(22)29(30-28(23)3-2-12-35-30)21-10-14-37(15-11-21)31(39)36-26-7-5-25(33)6-8-26/h2-9,12-13,16-18,21,29H,10-11,14-15,19,33H2,1H3,(H,36,39). The number of piperidine rings is 1. The number of hydrogen-bond donors (Lipinski definition) is 2. The number of nitrogen functional groups attached to an aromatic ring is 1. The SMILES string of the molecule is Cc1nccn1CC1=Cc2cc(Cl)ccc2C(C2CCN(C(=O)Nc3ccc(N)cc3)CC2)c2ncccc21. The molecular weight excluding hydrogens is 508 g/mol. The van der Waals surface area contributed by atoms with Gasteiger partial charge in [-0.05, 0) is 90.9 Å². The fraction of sp³-hybridized carbons (Fsp3) is 0.258. The number of likely N-dealkylation sites (tertiary alicyclic amines) is 1. The summed E-state index contributed by atoms with van der Waals surface area (Å²) < 4.78 is 2.16. The fourth-order valence-corrected chi connectivity index (χ4v) is 6.05. The number of nitrogens with two attached hydrogens (primary N) is 1. The number of imidazole rings is 1. The van der Waals surface area contributed by atoms with Crippen LogP contribution in [0.5, 0.6) is 0 Å². The van der Waals surface area contributed by atoms with Crippen LogP contribution in [0.3, 0.4) is 0 Å². The molecule has 198 valence electrons. The minimum absolute atomic E-state index is 0.0792. The van der Waals surface area contributed by atoms with Gasteiger partial charge in [-0.3, -0.25) is 4.98 Å². The third-order valence-corrected chi connectivity index (χ3v) is 8.15. The molecule has 1 aliphatic heterocycles. The molecule has 2 aliphatic rings. The number of hydrogen-bond acceptors (Lipinski definition) is 4. The van der Waals surface area contributed by atoms with Gasteiger partial charge in [-0.2, -0.15) is 0 Å². The molecule has 1 aliphatic carbocycles. The summed E-state index contributed by atoms with van der Waals surface area (Å²) in [7, 11) is 0. The van der Waals surface area contributed by atoms with Crippen LogP contribution in [0, 0.1) is 12.8 Å². The summed E-state index contributed by atoms with van der Waals surface area (Å²) in [5, 5.41) is 3.72. The molecule has 2 aromatic carbocycles. The average Bonchev–Trinajstić information content (AvgIpc) is 3.29. The lowest BCUT2D eigenvalue weighted by Gasteiger charge is -2.36. The number of carbonyl (C=O) groups excluding carboxylic acids is 1. The molecule has 6 rings (SSSR count). The number of pyridine rings is 1. The zero-order valence-corrected chi connectivity index (χ0v) is 22.6. The van der Waals surface area contributed by atoms with Gasteiger partial charge in [0.2, 0.25) is 0 Å². The highest BCUT2D eigenvalue weighted by molar-refractivity contribution is 6.30. The first-order valence-corrected chi connectivity index (χ1v) is 13.7. The van der Waals surface area contributed by atoms with Crippen molar-refractivity contribution >= 4 is 40.7 Å². The topological polar surface area (TPSA) is 89.1 Å². The largest absolute Gasteiger partial charge is 0.399 e. The highest BCUT2D eigenvalue weighted by Gasteiger charge is 2.35. The maximum atomic E-state index is 13.0. The van der Waals surface area contributed by atoms with Crippen molar-refractivity contribution in [2.24, 2.45) is 5.92 Å². The van der Waals surface area contributed by atoms with Crippen LogP contribution < -0.4 is 11.1 Å². The smallest absolute Gasteiger partial charge is 0.321 e. The summed E-state index contributed by atoms with van der Waals surface area (Å²) in [6.07, 6.45) is 9.76. The maximum Gasteiger partial charge on any atom is 0.321 e. The molecule has 4 aromatic rings. The second-order valence-electron chi connectivity index (χ2n) is 10.3. The van der Waals surface area contributed by atoms with E-state index in [1.165, 1.54) is 11.1 Å². The summed E-state index contributed by atoms with van der Waals surface area (Å²) in [5.74, 6) is 1.41. The Morgan fingerprint density at radius 1 is 1.08 bits per heavy atom. The number of halogens is 1. The lowest BCUT2D eigenvalue weighted by molar-refractivity contribution is 0.177. The first kappa shape index (κ1) is 25.2. The van der Waals surface area contributed by atoms with E-state index >= 15 is 0 Å². The number of fused-ring (bicyclic) bond motifs is 2. The van der Waals surface area contributed by atoms with E-state index in [4.69, 9.17) is 22.3 Å². The van der Waals surface area contributed by atoms with Gasteiger partial charge in [0.1, 0.15) is 5.82 Å². The molecule has 0 spiro atoms. The maximum absolute atomic E-state index is 13.0. The number of aromatic nitrogens is 3. The van der Waals surface area contributed by atoms with Crippen LogP contribution in [0.1, 0.15) is 47.0 Å². The summed E-state index contributed by atoms with van der Waals surface area (Å²) in [5.41, 5.74) is 13.0. The molecule has 1 saturated heterocycles. The normalized spacial score (nSPS) is 17.1. The Kier molecular flexibility index (Phi) is 6.83. The minimum Gasteiger partial charge on any atom is -0.399 e. The number of urea groups is 1. The molecule has 2 aromatic heterocycles. The second-order valence-corrected chi connectivity index (χ2v) is 10.8. The molecule has 8 heteroatoms. The van der Waals surface area contributed by atoms with Crippen molar-refractivity contribution < 1.29 is 4.79 Å². The molecular formula is C31H31ClN6O. The van der Waals surface area contributed by atoms with E-state index in [0.29, 0.717) is 31.2 Å². The number of benzene rings is 2. The first-order valence-electron chi connectivity index (χ1n) is 13.3. The van der Waals surface area contributed by atoms with Crippen molar-refractivity contribution in [3.8, 4) is 0 Å². The van der Waals surface area contributed by atoms with Crippen molar-refractivity contribution in [2.45, 2.75) is 32.2 Å². The van der Waals surface area contributed by atoms with Gasteiger partial charge in [0, 0.05) is 66.1 Å². The van der Waals surface area contributed by atoms with Gasteiger partial charge in [0.25, 0.3) is 0 Å². The van der Waals surface area contributed by atoms with Crippen LogP contribution in [0.2, 0.25) is 5.02 Å². The molecule has 1 atom stereocenters. The van der Waals surface area contributed by atoms with Gasteiger partial charge in [-0.1, -0.05) is 23.7 Å². The Morgan fingerprint density at radius 3 is 2.62 bits per heavy atom. The van der Waals surface area contributed by atoms with Crippen LogP contribution in [-0.2, 0) is 6.54 Å². The molecule has 1 unspecified atom stereocenters. The monoisotopic (exact) mass is 538 g/mol. The van der Waals surface area contributed by atoms with Crippen molar-refractivity contribution in [1.82, 2.24) is 19.4 Å². The fourth-order valence-electron chi connectivity index (χ4n) is 5.87. The Morgan fingerprint density at radius 2 is 1.87 bits per heavy atom. The van der Waals surface area contributed by atoms with Crippen LogP contribution in [0.25, 0.3) is 11.6 Å². The predicted octanol–water partition coefficient (Wildman–Crippen LogP) is 6.45. The highest BCUT2D eigenvalue weighted by atomic mass is 35.5. The minimum atomic E-state index is -0.0792. The quantitative estimate of drug-likeness (QED) is 0.292. The molecule has 2 amide bonds. The van der Waals surface area contributed by atoms with Gasteiger partial charge in [-0.25, -0.2) is 9.78 Å². The molecule has 3 heterocycles. The summed E-state index contributed by atoms with van der Waals surface area (Å²) >= 11 is 6.50. The number of allylic oxidation sites excluding steroid dienone is 1. The zero-order chi connectivity index (χ0) is 26.9. The lowest BCUT2D eigenvalue weighted by Crippen LogP contribution is -2.42. The van der Waals surface area contributed by atoms with E-state index in [9.17, 15) is 4.79 Å². The van der Waals surface area contributed by atoms with E-state index in [1.807, 2.05) is 54.7 Å². The summed E-state index contributed by atoms with van der Waals surface area (Å²) in [6, 6.07) is 17.5. The number of rotatable bonds is 4. The molecule has 0 saturated carbocycles. The molecule has 0 bridgehead atoms. The first-order chi connectivity index (χ1) is 19.0. The Labute approximate surface area is 233 Å². The second kappa shape index (κ2) is 10.6. The van der Waals surface area contributed by atoms with Crippen molar-refractivity contribution in [1.29, 1.82) is 0 Å².